The zero-order valence-corrected chi connectivity index (χ0v) is 11.7. The van der Waals surface area contributed by atoms with Crippen molar-refractivity contribution in [3.05, 3.63) is 43.8 Å². The van der Waals surface area contributed by atoms with Crippen molar-refractivity contribution in [3.8, 4) is 0 Å². The van der Waals surface area contributed by atoms with E-state index in [1.54, 1.807) is 11.7 Å². The van der Waals surface area contributed by atoms with Crippen LogP contribution in [0, 0.1) is 6.92 Å². The Balaban J connectivity index is 2.45. The minimum atomic E-state index is -0.140. The van der Waals surface area contributed by atoms with Crippen LogP contribution in [0.2, 0.25) is 5.15 Å². The van der Waals surface area contributed by atoms with Crippen molar-refractivity contribution in [1.29, 1.82) is 0 Å². The van der Waals surface area contributed by atoms with Gasteiger partial charge in [-0.1, -0.05) is 11.6 Å². The summed E-state index contributed by atoms with van der Waals surface area (Å²) in [6.45, 7) is 2.22. The summed E-state index contributed by atoms with van der Waals surface area (Å²) in [6.07, 6.45) is 2.95. The van der Waals surface area contributed by atoms with E-state index in [1.165, 1.54) is 17.1 Å². The Bertz CT molecular complexity index is 619. The molecule has 90 valence electrons. The summed E-state index contributed by atoms with van der Waals surface area (Å²) in [4.78, 5) is 15.8. The number of hydrogen-bond acceptors (Lipinski definition) is 3. The maximum atomic E-state index is 11.8. The van der Waals surface area contributed by atoms with E-state index in [9.17, 15) is 4.79 Å². The average Bonchev–Trinajstić information content (AvgIpc) is 2.51. The van der Waals surface area contributed by atoms with Gasteiger partial charge in [-0.25, -0.2) is 4.98 Å². The van der Waals surface area contributed by atoms with Crippen LogP contribution in [0.3, 0.4) is 0 Å². The van der Waals surface area contributed by atoms with Gasteiger partial charge in [-0.05, 0) is 22.9 Å². The molecule has 0 amide bonds. The zero-order valence-electron chi connectivity index (χ0n) is 9.31. The highest BCUT2D eigenvalue weighted by Gasteiger charge is 2.12. The molecule has 2 aromatic rings. The SMILES string of the molecule is Cc1nn(C)c(Cl)c1Cn1cncc(Br)c1=O. The molecule has 0 N–H and O–H groups in total. The largest absolute Gasteiger partial charge is 0.294 e. The lowest BCUT2D eigenvalue weighted by atomic mass is 10.2. The molecule has 0 aliphatic carbocycles. The Hall–Kier alpha value is -1.14. The van der Waals surface area contributed by atoms with Crippen molar-refractivity contribution in [2.24, 2.45) is 7.05 Å². The van der Waals surface area contributed by atoms with E-state index >= 15 is 0 Å². The molecule has 7 heteroatoms. The van der Waals surface area contributed by atoms with Crippen LogP contribution in [0.5, 0.6) is 0 Å². The maximum absolute atomic E-state index is 11.8. The predicted octanol–water partition coefficient (Wildman–Crippen LogP) is 1.75. The molecule has 2 aromatic heterocycles. The summed E-state index contributed by atoms with van der Waals surface area (Å²) in [7, 11) is 1.76. The lowest BCUT2D eigenvalue weighted by Gasteiger charge is -2.04. The first kappa shape index (κ1) is 12.3. The fourth-order valence-corrected chi connectivity index (χ4v) is 2.14. The number of hydrogen-bond donors (Lipinski definition) is 0. The first-order chi connectivity index (χ1) is 8.00. The molecule has 2 heterocycles. The second-order valence-electron chi connectivity index (χ2n) is 3.65. The Kier molecular flexibility index (Phi) is 3.35. The van der Waals surface area contributed by atoms with E-state index in [1.807, 2.05) is 6.92 Å². The molecule has 0 saturated carbocycles. The smallest absolute Gasteiger partial charge is 0.267 e. The normalized spacial score (nSPS) is 10.8. The van der Waals surface area contributed by atoms with Crippen LogP contribution in [0.15, 0.2) is 21.8 Å². The topological polar surface area (TPSA) is 52.7 Å². The summed E-state index contributed by atoms with van der Waals surface area (Å²) >= 11 is 9.26. The van der Waals surface area contributed by atoms with Crippen molar-refractivity contribution in [2.45, 2.75) is 13.5 Å². The maximum Gasteiger partial charge on any atom is 0.267 e. The Morgan fingerprint density at radius 3 is 2.82 bits per heavy atom. The highest BCUT2D eigenvalue weighted by atomic mass is 79.9. The van der Waals surface area contributed by atoms with Gasteiger partial charge in [-0.2, -0.15) is 5.10 Å². The average molecular weight is 318 g/mol. The number of aryl methyl sites for hydroxylation is 2. The van der Waals surface area contributed by atoms with Gasteiger partial charge in [-0.3, -0.25) is 14.0 Å². The highest BCUT2D eigenvalue weighted by molar-refractivity contribution is 9.10. The molecule has 0 saturated heterocycles. The van der Waals surface area contributed by atoms with Crippen LogP contribution < -0.4 is 5.56 Å². The van der Waals surface area contributed by atoms with Gasteiger partial charge in [0.15, 0.2) is 0 Å². The molecule has 0 spiro atoms. The zero-order chi connectivity index (χ0) is 12.6. The van der Waals surface area contributed by atoms with Gasteiger partial charge >= 0.3 is 0 Å². The van der Waals surface area contributed by atoms with Crippen molar-refractivity contribution in [1.82, 2.24) is 19.3 Å². The molecule has 0 aliphatic heterocycles. The molecule has 0 bridgehead atoms. The summed E-state index contributed by atoms with van der Waals surface area (Å²) in [6, 6.07) is 0. The predicted molar refractivity (Wildman–Crippen MR) is 68.3 cm³/mol. The van der Waals surface area contributed by atoms with Gasteiger partial charge < -0.3 is 0 Å². The van der Waals surface area contributed by atoms with Gasteiger partial charge in [0.2, 0.25) is 0 Å². The van der Waals surface area contributed by atoms with Crippen molar-refractivity contribution in [3.63, 3.8) is 0 Å². The number of rotatable bonds is 2. The fourth-order valence-electron chi connectivity index (χ4n) is 1.56. The summed E-state index contributed by atoms with van der Waals surface area (Å²) in [5, 5.41) is 4.73. The minimum Gasteiger partial charge on any atom is -0.294 e. The number of aromatic nitrogens is 4. The summed E-state index contributed by atoms with van der Waals surface area (Å²) < 4.78 is 3.50. The third kappa shape index (κ3) is 2.28. The highest BCUT2D eigenvalue weighted by Crippen LogP contribution is 2.19. The van der Waals surface area contributed by atoms with Gasteiger partial charge in [-0.15, -0.1) is 0 Å². The number of nitrogens with zero attached hydrogens (tertiary/aromatic N) is 4. The Morgan fingerprint density at radius 1 is 1.53 bits per heavy atom. The minimum absolute atomic E-state index is 0.140. The van der Waals surface area contributed by atoms with E-state index < -0.39 is 0 Å². The second-order valence-corrected chi connectivity index (χ2v) is 4.87. The lowest BCUT2D eigenvalue weighted by molar-refractivity contribution is 0.726. The van der Waals surface area contributed by atoms with Gasteiger partial charge in [0, 0.05) is 18.8 Å². The molecule has 5 nitrogen and oxygen atoms in total. The van der Waals surface area contributed by atoms with Crippen LogP contribution >= 0.6 is 27.5 Å². The molecule has 0 radical (unpaired) electrons. The molecular weight excluding hydrogens is 307 g/mol. The van der Waals surface area contributed by atoms with Crippen molar-refractivity contribution < 1.29 is 0 Å². The van der Waals surface area contributed by atoms with Gasteiger partial charge in [0.25, 0.3) is 5.56 Å². The van der Waals surface area contributed by atoms with E-state index in [2.05, 4.69) is 26.0 Å². The van der Waals surface area contributed by atoms with Crippen LogP contribution in [0.4, 0.5) is 0 Å². The van der Waals surface area contributed by atoms with Crippen LogP contribution in [-0.2, 0) is 13.6 Å². The summed E-state index contributed by atoms with van der Waals surface area (Å²) in [5.74, 6) is 0. The van der Waals surface area contributed by atoms with Crippen LogP contribution in [-0.4, -0.2) is 19.3 Å². The summed E-state index contributed by atoms with van der Waals surface area (Å²) in [5.41, 5.74) is 1.50. The monoisotopic (exact) mass is 316 g/mol. The third-order valence-corrected chi connectivity index (χ3v) is 3.47. The van der Waals surface area contributed by atoms with Crippen LogP contribution in [0.1, 0.15) is 11.3 Å². The molecular formula is C10H10BrClN4O. The molecule has 17 heavy (non-hydrogen) atoms. The van der Waals surface area contributed by atoms with Gasteiger partial charge in [0.05, 0.1) is 18.6 Å². The van der Waals surface area contributed by atoms with Crippen molar-refractivity contribution >= 4 is 27.5 Å². The quantitative estimate of drug-likeness (QED) is 0.848. The number of halogens is 2. The molecule has 0 aliphatic rings. The Labute approximate surface area is 111 Å². The standard InChI is InChI=1S/C10H10BrClN4O/c1-6-7(9(12)15(2)14-6)4-16-5-13-3-8(11)10(16)17/h3,5H,4H2,1-2H3. The third-order valence-electron chi connectivity index (χ3n) is 2.46. The molecule has 0 unspecified atom stereocenters. The van der Waals surface area contributed by atoms with E-state index in [4.69, 9.17) is 11.6 Å². The van der Waals surface area contributed by atoms with E-state index in [0.717, 1.165) is 11.3 Å². The lowest BCUT2D eigenvalue weighted by Crippen LogP contribution is -2.21. The van der Waals surface area contributed by atoms with Gasteiger partial charge in [0.1, 0.15) is 9.63 Å². The fraction of sp³-hybridized carbons (Fsp3) is 0.300. The first-order valence-corrected chi connectivity index (χ1v) is 6.05. The van der Waals surface area contributed by atoms with Crippen molar-refractivity contribution in [2.75, 3.05) is 0 Å². The van der Waals surface area contributed by atoms with E-state index in [0.29, 0.717) is 16.2 Å². The van der Waals surface area contributed by atoms with E-state index in [-0.39, 0.29) is 5.56 Å². The van der Waals surface area contributed by atoms with Crippen LogP contribution in [0.25, 0.3) is 0 Å². The molecule has 0 fully saturated rings. The Morgan fingerprint density at radius 2 is 2.24 bits per heavy atom. The molecule has 2 rings (SSSR count). The second kappa shape index (κ2) is 4.62. The molecule has 0 aromatic carbocycles. The molecule has 0 atom stereocenters. The first-order valence-electron chi connectivity index (χ1n) is 4.88.